The van der Waals surface area contributed by atoms with Crippen LogP contribution in [0, 0.1) is 6.92 Å². The summed E-state index contributed by atoms with van der Waals surface area (Å²) in [6.07, 6.45) is 1.24. The summed E-state index contributed by atoms with van der Waals surface area (Å²) < 4.78 is 5.27. The number of aromatic carboxylic acids is 1. The van der Waals surface area contributed by atoms with Crippen LogP contribution in [0.5, 0.6) is 0 Å². The number of hydrogen-bond donors (Lipinski definition) is 3. The zero-order valence-electron chi connectivity index (χ0n) is 9.69. The molecule has 0 bridgehead atoms. The van der Waals surface area contributed by atoms with Gasteiger partial charge in [0.25, 0.3) is 0 Å². The average molecular weight is 236 g/mol. The number of carboxylic acids is 1. The molecule has 1 fully saturated rings. The topological polar surface area (TPSA) is 84.6 Å². The highest BCUT2D eigenvalue weighted by Crippen LogP contribution is 2.24. The molecule has 0 radical (unpaired) electrons. The molecule has 2 rings (SSSR count). The highest BCUT2D eigenvalue weighted by atomic mass is 16.5. The lowest BCUT2D eigenvalue weighted by Gasteiger charge is -2.27. The normalized spacial score (nSPS) is 18.5. The molecule has 5 nitrogen and oxygen atoms in total. The van der Waals surface area contributed by atoms with Gasteiger partial charge in [-0.25, -0.2) is 4.79 Å². The Labute approximate surface area is 99.6 Å². The predicted octanol–water partition coefficient (Wildman–Crippen LogP) is 1.48. The molecule has 1 aromatic rings. The van der Waals surface area contributed by atoms with E-state index in [0.29, 0.717) is 23.5 Å². The Kier molecular flexibility index (Phi) is 3.19. The molecule has 0 spiro atoms. The van der Waals surface area contributed by atoms with Crippen molar-refractivity contribution in [3.05, 3.63) is 23.3 Å². The van der Waals surface area contributed by atoms with Crippen molar-refractivity contribution in [2.75, 3.05) is 24.2 Å². The van der Waals surface area contributed by atoms with Crippen LogP contribution in [0.15, 0.2) is 12.1 Å². The number of carbonyl (C=O) groups is 1. The van der Waals surface area contributed by atoms with E-state index in [1.807, 2.05) is 0 Å². The lowest BCUT2D eigenvalue weighted by atomic mass is 10.1. The van der Waals surface area contributed by atoms with Crippen LogP contribution in [0.4, 0.5) is 11.4 Å². The molecule has 0 aromatic heterocycles. The van der Waals surface area contributed by atoms with E-state index in [-0.39, 0.29) is 11.7 Å². The number of nitrogens with two attached hydrogens (primary N) is 1. The Balaban J connectivity index is 2.14. The van der Waals surface area contributed by atoms with Crippen LogP contribution in [0.25, 0.3) is 0 Å². The summed E-state index contributed by atoms with van der Waals surface area (Å²) in [6.45, 7) is 3.20. The lowest BCUT2D eigenvalue weighted by Crippen LogP contribution is -2.33. The summed E-state index contributed by atoms with van der Waals surface area (Å²) in [6, 6.07) is 3.25. The predicted molar refractivity (Wildman–Crippen MR) is 65.4 cm³/mol. The molecule has 1 heterocycles. The minimum absolute atomic E-state index is 0.212. The number of nitrogen functional groups attached to an aromatic ring is 1. The number of hydrogen-bond acceptors (Lipinski definition) is 4. The van der Waals surface area contributed by atoms with E-state index in [1.165, 1.54) is 0 Å². The number of rotatable bonds is 4. The Morgan fingerprint density at radius 3 is 2.88 bits per heavy atom. The van der Waals surface area contributed by atoms with Crippen LogP contribution >= 0.6 is 0 Å². The molecule has 0 unspecified atom stereocenters. The maximum Gasteiger partial charge on any atom is 0.336 e. The van der Waals surface area contributed by atoms with Crippen LogP contribution in [-0.2, 0) is 4.74 Å². The number of benzene rings is 1. The molecule has 1 saturated heterocycles. The molecule has 92 valence electrons. The Hall–Kier alpha value is -1.75. The first-order valence-corrected chi connectivity index (χ1v) is 5.57. The summed E-state index contributed by atoms with van der Waals surface area (Å²) in [5.74, 6) is -0.939. The van der Waals surface area contributed by atoms with E-state index in [2.05, 4.69) is 5.32 Å². The maximum absolute atomic E-state index is 11.0. The first kappa shape index (κ1) is 11.7. The van der Waals surface area contributed by atoms with Crippen LogP contribution in [0.1, 0.15) is 22.3 Å². The van der Waals surface area contributed by atoms with Gasteiger partial charge in [0.15, 0.2) is 0 Å². The van der Waals surface area contributed by atoms with Crippen molar-refractivity contribution in [2.45, 2.75) is 19.4 Å². The van der Waals surface area contributed by atoms with E-state index in [9.17, 15) is 4.79 Å². The second-order valence-corrected chi connectivity index (χ2v) is 4.22. The fraction of sp³-hybridized carbons (Fsp3) is 0.417. The quantitative estimate of drug-likeness (QED) is 0.689. The molecule has 5 heteroatoms. The average Bonchev–Trinajstić information content (AvgIpc) is 2.18. The van der Waals surface area contributed by atoms with Gasteiger partial charge < -0.3 is 20.9 Å². The molecule has 0 saturated carbocycles. The highest BCUT2D eigenvalue weighted by molar-refractivity contribution is 5.92. The van der Waals surface area contributed by atoms with Gasteiger partial charge in [-0.05, 0) is 31.0 Å². The molecule has 0 amide bonds. The summed E-state index contributed by atoms with van der Waals surface area (Å²) in [4.78, 5) is 11.0. The molecule has 1 aliphatic rings. The summed E-state index contributed by atoms with van der Waals surface area (Å²) in [7, 11) is 0. The third-order valence-electron chi connectivity index (χ3n) is 2.94. The summed E-state index contributed by atoms with van der Waals surface area (Å²) >= 11 is 0. The van der Waals surface area contributed by atoms with Crippen molar-refractivity contribution in [3.63, 3.8) is 0 Å². The van der Waals surface area contributed by atoms with Gasteiger partial charge in [-0.3, -0.25) is 0 Å². The fourth-order valence-electron chi connectivity index (χ4n) is 1.78. The molecule has 1 aliphatic heterocycles. The monoisotopic (exact) mass is 236 g/mol. The Morgan fingerprint density at radius 1 is 1.65 bits per heavy atom. The van der Waals surface area contributed by atoms with Crippen LogP contribution in [0.3, 0.4) is 0 Å². The van der Waals surface area contributed by atoms with Crippen molar-refractivity contribution < 1.29 is 14.6 Å². The zero-order chi connectivity index (χ0) is 12.4. The maximum atomic E-state index is 11.0. The Morgan fingerprint density at radius 2 is 2.35 bits per heavy atom. The van der Waals surface area contributed by atoms with Gasteiger partial charge >= 0.3 is 5.97 Å². The zero-order valence-corrected chi connectivity index (χ0v) is 9.69. The van der Waals surface area contributed by atoms with Crippen LogP contribution in [-0.4, -0.2) is 30.3 Å². The van der Waals surface area contributed by atoms with Gasteiger partial charge in [0.05, 0.1) is 23.0 Å². The van der Waals surface area contributed by atoms with E-state index in [4.69, 9.17) is 15.6 Å². The number of aryl methyl sites for hydroxylation is 1. The summed E-state index contributed by atoms with van der Waals surface area (Å²) in [5.41, 5.74) is 8.00. The summed E-state index contributed by atoms with van der Waals surface area (Å²) in [5, 5.41) is 12.1. The number of anilines is 2. The number of ether oxygens (including phenoxy) is 1. The number of carboxylic acid groups (broad SMARTS) is 1. The smallest absolute Gasteiger partial charge is 0.336 e. The second kappa shape index (κ2) is 4.63. The van der Waals surface area contributed by atoms with Crippen molar-refractivity contribution in [1.29, 1.82) is 0 Å². The first-order chi connectivity index (χ1) is 8.08. The van der Waals surface area contributed by atoms with E-state index in [1.54, 1.807) is 19.1 Å². The van der Waals surface area contributed by atoms with Crippen LogP contribution < -0.4 is 11.1 Å². The minimum atomic E-state index is -0.939. The lowest BCUT2D eigenvalue weighted by molar-refractivity contribution is -0.0410. The number of nitrogens with one attached hydrogen (secondary N) is 1. The molecule has 1 aromatic carbocycles. The highest BCUT2D eigenvalue weighted by Gasteiger charge is 2.18. The third kappa shape index (κ3) is 2.50. The van der Waals surface area contributed by atoms with Crippen molar-refractivity contribution in [3.8, 4) is 0 Å². The van der Waals surface area contributed by atoms with Crippen molar-refractivity contribution in [2.24, 2.45) is 0 Å². The molecule has 4 N–H and O–H groups in total. The van der Waals surface area contributed by atoms with Gasteiger partial charge in [-0.2, -0.15) is 0 Å². The Bertz CT molecular complexity index is 442. The van der Waals surface area contributed by atoms with Gasteiger partial charge in [0.2, 0.25) is 0 Å². The third-order valence-corrected chi connectivity index (χ3v) is 2.94. The molecule has 17 heavy (non-hydrogen) atoms. The van der Waals surface area contributed by atoms with Gasteiger partial charge in [0, 0.05) is 13.2 Å². The first-order valence-electron chi connectivity index (χ1n) is 5.57. The second-order valence-electron chi connectivity index (χ2n) is 4.22. The van der Waals surface area contributed by atoms with Gasteiger partial charge in [-0.1, -0.05) is 0 Å². The van der Waals surface area contributed by atoms with E-state index < -0.39 is 5.97 Å². The molecule has 0 aliphatic carbocycles. The van der Waals surface area contributed by atoms with Crippen molar-refractivity contribution in [1.82, 2.24) is 0 Å². The van der Waals surface area contributed by atoms with Gasteiger partial charge in [0.1, 0.15) is 0 Å². The SMILES string of the molecule is Cc1cc(N)c(NC[C@@H]2CCO2)cc1C(=O)O. The standard InChI is InChI=1S/C12H16N2O3/c1-7-4-10(13)11(5-9(7)12(15)16)14-6-8-2-3-17-8/h4-5,8,14H,2-3,6,13H2,1H3,(H,15,16)/t8-/m0/s1. The molecular weight excluding hydrogens is 220 g/mol. The van der Waals surface area contributed by atoms with Crippen LogP contribution in [0.2, 0.25) is 0 Å². The van der Waals surface area contributed by atoms with Gasteiger partial charge in [-0.15, -0.1) is 0 Å². The van der Waals surface area contributed by atoms with E-state index >= 15 is 0 Å². The van der Waals surface area contributed by atoms with Crippen molar-refractivity contribution >= 4 is 17.3 Å². The molecule has 1 atom stereocenters. The molecular formula is C12H16N2O3. The minimum Gasteiger partial charge on any atom is -0.478 e. The largest absolute Gasteiger partial charge is 0.478 e. The fourth-order valence-corrected chi connectivity index (χ4v) is 1.78. The van der Waals surface area contributed by atoms with E-state index in [0.717, 1.165) is 13.0 Å².